The minimum Gasteiger partial charge on any atom is -0.430 e. The van der Waals surface area contributed by atoms with Crippen molar-refractivity contribution in [2.75, 3.05) is 0 Å². The van der Waals surface area contributed by atoms with Crippen molar-refractivity contribution >= 4 is 39.9 Å². The van der Waals surface area contributed by atoms with E-state index in [4.69, 9.17) is 0 Å². The van der Waals surface area contributed by atoms with E-state index in [0.717, 1.165) is 4.90 Å². The van der Waals surface area contributed by atoms with Crippen molar-refractivity contribution in [2.24, 2.45) is 0 Å². The molecule has 2 amide bonds. The summed E-state index contributed by atoms with van der Waals surface area (Å²) in [6.45, 7) is 0. The van der Waals surface area contributed by atoms with E-state index >= 15 is 0 Å². The maximum Gasteiger partial charge on any atom is 0.231 e. The molecule has 0 saturated carbocycles. The zero-order chi connectivity index (χ0) is 11.4. The number of nitrogens with zero attached hydrogens (tertiary/aromatic N) is 1. The van der Waals surface area contributed by atoms with Crippen molar-refractivity contribution in [1.82, 2.24) is 4.90 Å². The number of imide groups is 1. The van der Waals surface area contributed by atoms with Crippen LogP contribution in [0.25, 0.3) is 0 Å². The van der Waals surface area contributed by atoms with Crippen LogP contribution in [0.1, 0.15) is 20.7 Å². The third kappa shape index (κ3) is 2.70. The molecule has 0 unspecified atom stereocenters. The van der Waals surface area contributed by atoms with E-state index in [1.165, 1.54) is 0 Å². The second kappa shape index (κ2) is 5.81. The molecule has 0 aliphatic carbocycles. The van der Waals surface area contributed by atoms with Gasteiger partial charge in [-0.3, -0.25) is 9.59 Å². The van der Waals surface area contributed by atoms with Gasteiger partial charge in [-0.25, -0.2) is 7.05 Å². The Morgan fingerprint density at radius 3 is 1.73 bits per heavy atom. The van der Waals surface area contributed by atoms with Crippen LogP contribution in [0.3, 0.4) is 0 Å². The third-order valence-electron chi connectivity index (χ3n) is 1.88. The zero-order valence-electron chi connectivity index (χ0n) is 7.44. The topological polar surface area (TPSA) is 37.4 Å². The number of benzene rings is 1. The number of rotatable bonds is 0. The first-order chi connectivity index (χ1) is 7.13. The molecule has 2 rings (SSSR count). The van der Waals surface area contributed by atoms with E-state index in [0.29, 0.717) is 22.7 Å². The molecule has 0 fully saturated rings. The van der Waals surface area contributed by atoms with Crippen molar-refractivity contribution < 1.29 is 21.2 Å². The first-order valence-electron chi connectivity index (χ1n) is 3.81. The predicted molar refractivity (Wildman–Crippen MR) is 60.2 cm³/mol. The zero-order valence-corrected chi connectivity index (χ0v) is 11.9. The van der Waals surface area contributed by atoms with Gasteiger partial charge < -0.3 is 4.90 Å². The van der Waals surface area contributed by atoms with Crippen molar-refractivity contribution in [3.63, 3.8) is 0 Å². The number of carbonyl (C=O) groups is 2. The van der Waals surface area contributed by atoms with Crippen molar-refractivity contribution in [3.8, 4) is 0 Å². The van der Waals surface area contributed by atoms with Gasteiger partial charge in [-0.2, -0.15) is 0 Å². The molecule has 1 heterocycles. The molecule has 0 aromatic heterocycles. The summed E-state index contributed by atoms with van der Waals surface area (Å²) in [4.78, 5) is 23.4. The maximum atomic E-state index is 11.2. The van der Waals surface area contributed by atoms with Gasteiger partial charge in [-0.15, -0.1) is 0 Å². The molecular weight excluding hydrogens is 366 g/mol. The summed E-state index contributed by atoms with van der Waals surface area (Å²) in [5.74, 6) is -0.647. The van der Waals surface area contributed by atoms with Crippen LogP contribution in [0.15, 0.2) is 24.3 Å². The van der Waals surface area contributed by atoms with Crippen LogP contribution in [-0.4, -0.2) is 16.7 Å². The van der Waals surface area contributed by atoms with E-state index in [9.17, 15) is 9.59 Å². The van der Waals surface area contributed by atoms with Gasteiger partial charge in [0.05, 0.1) is 0 Å². The average molecular weight is 372 g/mol. The standard InChI is InChI=1S/C9H6NO2.2BrH.Cr/c1-10-8(11)6-4-2-3-5-7(6)9(10)12;;;/h2-5H,1H2;2*1H;/q-1;;;+3/p-2. The molecule has 3 nitrogen and oxygen atoms in total. The predicted octanol–water partition coefficient (Wildman–Crippen LogP) is 2.76. The Balaban J connectivity index is 0.000000337. The molecule has 0 N–H and O–H groups in total. The summed E-state index contributed by atoms with van der Waals surface area (Å²) in [5.41, 5.74) is 0.884. The molecule has 0 atom stereocenters. The molecule has 79 valence electrons. The summed E-state index contributed by atoms with van der Waals surface area (Å²) in [7, 11) is 3.35. The Kier molecular flexibility index (Phi) is 5.00. The quantitative estimate of drug-likeness (QED) is 0.519. The molecule has 0 spiro atoms. The summed E-state index contributed by atoms with van der Waals surface area (Å²) in [6.07, 6.45) is 0. The van der Waals surface area contributed by atoms with E-state index in [2.05, 4.69) is 35.2 Å². The molecule has 15 heavy (non-hydrogen) atoms. The Hall–Kier alpha value is -0.148. The van der Waals surface area contributed by atoms with Crippen LogP contribution < -0.4 is 0 Å². The minimum absolute atomic E-state index is 0.324. The smallest absolute Gasteiger partial charge is 0.231 e. The summed E-state index contributed by atoms with van der Waals surface area (Å²) < 4.78 is 0. The van der Waals surface area contributed by atoms with Gasteiger partial charge in [-0.05, 0) is 12.1 Å². The van der Waals surface area contributed by atoms with Gasteiger partial charge in [0.15, 0.2) is 0 Å². The van der Waals surface area contributed by atoms with Gasteiger partial charge >= 0.3 is 39.7 Å². The van der Waals surface area contributed by atoms with Crippen LogP contribution in [0, 0.1) is 7.05 Å². The molecule has 1 aliphatic heterocycles. The van der Waals surface area contributed by atoms with E-state index in [1.54, 1.807) is 24.3 Å². The first kappa shape index (κ1) is 12.9. The van der Waals surface area contributed by atoms with Crippen molar-refractivity contribution in [1.29, 1.82) is 0 Å². The molecule has 1 aromatic rings. The molecule has 0 radical (unpaired) electrons. The second-order valence-corrected chi connectivity index (χ2v) is 9.08. The summed E-state index contributed by atoms with van der Waals surface area (Å²) in [6, 6.07) is 6.70. The first-order valence-corrected chi connectivity index (χ1v) is 10.1. The fourth-order valence-corrected chi connectivity index (χ4v) is 1.24. The SMILES string of the molecule is [Br][Cr+][Br].[CH2-]N1C(=O)c2ccccc2C1=O. The molecule has 6 heteroatoms. The molecule has 0 saturated heterocycles. The number of amides is 2. The van der Waals surface area contributed by atoms with Gasteiger partial charge in [-0.1, -0.05) is 12.1 Å². The van der Waals surface area contributed by atoms with Crippen molar-refractivity contribution in [2.45, 2.75) is 0 Å². The Labute approximate surface area is 108 Å². The molecule has 0 bridgehead atoms. The fourth-order valence-electron chi connectivity index (χ4n) is 1.24. The number of halogens is 2. The normalized spacial score (nSPS) is 13.1. The minimum atomic E-state index is -0.324. The van der Waals surface area contributed by atoms with Gasteiger partial charge in [0.1, 0.15) is 0 Å². The van der Waals surface area contributed by atoms with Crippen molar-refractivity contribution in [3.05, 3.63) is 42.4 Å². The summed E-state index contributed by atoms with van der Waals surface area (Å²) in [5, 5.41) is 0. The third-order valence-corrected chi connectivity index (χ3v) is 1.88. The van der Waals surface area contributed by atoms with Crippen LogP contribution >= 0.6 is 28.1 Å². The average Bonchev–Trinajstić information content (AvgIpc) is 2.46. The molecule has 1 aliphatic rings. The van der Waals surface area contributed by atoms with Gasteiger partial charge in [0, 0.05) is 11.1 Å². The number of hydrogen-bond acceptors (Lipinski definition) is 2. The second-order valence-electron chi connectivity index (χ2n) is 2.64. The van der Waals surface area contributed by atoms with E-state index in [1.807, 2.05) is 0 Å². The van der Waals surface area contributed by atoms with E-state index in [-0.39, 0.29) is 11.8 Å². The largest absolute Gasteiger partial charge is 0.430 e. The Bertz CT molecular complexity index is 362. The molecular formula is C9H6Br2CrNO2. The monoisotopic (exact) mass is 370 g/mol. The van der Waals surface area contributed by atoms with E-state index < -0.39 is 0 Å². The number of hydrogen-bond donors (Lipinski definition) is 0. The Morgan fingerprint density at radius 1 is 1.07 bits per heavy atom. The summed E-state index contributed by atoms with van der Waals surface area (Å²) >= 11 is 6.75. The van der Waals surface area contributed by atoms with Crippen LogP contribution in [0.4, 0.5) is 0 Å². The molecule has 1 aromatic carbocycles. The van der Waals surface area contributed by atoms with Crippen LogP contribution in [0.2, 0.25) is 0 Å². The van der Waals surface area contributed by atoms with Gasteiger partial charge in [0.2, 0.25) is 11.8 Å². The van der Waals surface area contributed by atoms with Gasteiger partial charge in [0.25, 0.3) is 0 Å². The van der Waals surface area contributed by atoms with Crippen LogP contribution in [0.5, 0.6) is 0 Å². The maximum absolute atomic E-state index is 11.2. The fraction of sp³-hybridized carbons (Fsp3) is 0. The Morgan fingerprint density at radius 2 is 1.40 bits per heavy atom. The number of fused-ring (bicyclic) bond motifs is 1. The number of carbonyl (C=O) groups excluding carboxylic acids is 2. The van der Waals surface area contributed by atoms with Crippen LogP contribution in [-0.2, 0) is 11.6 Å².